The predicted octanol–water partition coefficient (Wildman–Crippen LogP) is 1.67. The molecule has 1 aliphatic heterocycles. The minimum Gasteiger partial charge on any atom is -0.368 e. The van der Waals surface area contributed by atoms with Crippen molar-refractivity contribution in [2.45, 2.75) is 6.10 Å². The van der Waals surface area contributed by atoms with Crippen LogP contribution >= 0.6 is 0 Å². The zero-order chi connectivity index (χ0) is 8.55. The van der Waals surface area contributed by atoms with Gasteiger partial charge in [-0.3, -0.25) is 10.1 Å². The first-order valence-corrected chi connectivity index (χ1v) is 3.63. The number of epoxide rings is 1. The van der Waals surface area contributed by atoms with Gasteiger partial charge in [0.1, 0.15) is 6.10 Å². The van der Waals surface area contributed by atoms with Gasteiger partial charge in [0, 0.05) is 12.1 Å². The molecule has 2 rings (SSSR count). The molecule has 0 saturated carbocycles. The molecule has 1 aromatic carbocycles. The molecule has 0 amide bonds. The second kappa shape index (κ2) is 2.57. The minimum absolute atomic E-state index is 0.124. The Hall–Kier alpha value is -1.42. The highest BCUT2D eigenvalue weighted by molar-refractivity contribution is 5.34. The van der Waals surface area contributed by atoms with E-state index < -0.39 is 4.92 Å². The summed E-state index contributed by atoms with van der Waals surface area (Å²) >= 11 is 0. The summed E-state index contributed by atoms with van der Waals surface area (Å²) in [5.41, 5.74) is 1.14. The summed E-state index contributed by atoms with van der Waals surface area (Å²) in [4.78, 5) is 9.87. The number of nitro benzene ring substituents is 1. The lowest BCUT2D eigenvalue weighted by Crippen LogP contribution is -1.87. The molecule has 0 N–H and O–H groups in total. The van der Waals surface area contributed by atoms with E-state index >= 15 is 0 Å². The molecule has 1 saturated heterocycles. The van der Waals surface area contributed by atoms with Gasteiger partial charge in [-0.2, -0.15) is 0 Å². The van der Waals surface area contributed by atoms with Gasteiger partial charge in [0.25, 0.3) is 5.69 Å². The van der Waals surface area contributed by atoms with Crippen LogP contribution in [-0.4, -0.2) is 11.5 Å². The van der Waals surface area contributed by atoms with Gasteiger partial charge in [-0.1, -0.05) is 0 Å². The smallest absolute Gasteiger partial charge is 0.269 e. The Bertz CT molecular complexity index is 303. The van der Waals surface area contributed by atoms with Crippen molar-refractivity contribution in [1.29, 1.82) is 0 Å². The molecule has 12 heavy (non-hydrogen) atoms. The molecule has 1 fully saturated rings. The average Bonchev–Trinajstić information content (AvgIpc) is 2.87. The highest BCUT2D eigenvalue weighted by atomic mass is 16.6. The standard InChI is InChI=1S/C8H7NO3/c10-9(11)7-3-1-6(2-4-7)8-5-12-8/h1-4,8H,5H2/t8-/m0/s1. The van der Waals surface area contributed by atoms with Crippen LogP contribution in [0.2, 0.25) is 0 Å². The van der Waals surface area contributed by atoms with Gasteiger partial charge in [-0.05, 0) is 17.7 Å². The topological polar surface area (TPSA) is 55.7 Å². The molecule has 1 aliphatic rings. The maximum Gasteiger partial charge on any atom is 0.269 e. The molecule has 0 unspecified atom stereocenters. The van der Waals surface area contributed by atoms with E-state index in [4.69, 9.17) is 4.74 Å². The van der Waals surface area contributed by atoms with Gasteiger partial charge in [-0.25, -0.2) is 0 Å². The highest BCUT2D eigenvalue weighted by Crippen LogP contribution is 2.30. The minimum atomic E-state index is -0.405. The number of nitro groups is 1. The molecule has 0 aromatic heterocycles. The summed E-state index contributed by atoms with van der Waals surface area (Å²) < 4.78 is 5.03. The predicted molar refractivity (Wildman–Crippen MR) is 41.8 cm³/mol. The summed E-state index contributed by atoms with van der Waals surface area (Å²) in [5, 5.41) is 10.3. The van der Waals surface area contributed by atoms with Gasteiger partial charge in [0.05, 0.1) is 11.5 Å². The van der Waals surface area contributed by atoms with E-state index in [0.29, 0.717) is 0 Å². The molecule has 4 nitrogen and oxygen atoms in total. The molecule has 1 heterocycles. The average molecular weight is 165 g/mol. The highest BCUT2D eigenvalue weighted by Gasteiger charge is 2.24. The van der Waals surface area contributed by atoms with Gasteiger partial charge < -0.3 is 4.74 Å². The number of non-ortho nitro benzene ring substituents is 1. The quantitative estimate of drug-likeness (QED) is 0.380. The van der Waals surface area contributed by atoms with Crippen molar-refractivity contribution in [1.82, 2.24) is 0 Å². The summed E-state index contributed by atoms with van der Waals surface area (Å²) in [7, 11) is 0. The monoisotopic (exact) mass is 165 g/mol. The van der Waals surface area contributed by atoms with Crippen LogP contribution in [0.25, 0.3) is 0 Å². The van der Waals surface area contributed by atoms with Crippen molar-refractivity contribution in [3.05, 3.63) is 39.9 Å². The van der Waals surface area contributed by atoms with Crippen LogP contribution in [0.5, 0.6) is 0 Å². The van der Waals surface area contributed by atoms with E-state index in [1.807, 2.05) is 0 Å². The molecular weight excluding hydrogens is 158 g/mol. The summed E-state index contributed by atoms with van der Waals surface area (Å²) in [6.07, 6.45) is 0.172. The van der Waals surface area contributed by atoms with Crippen molar-refractivity contribution in [3.8, 4) is 0 Å². The molecule has 0 radical (unpaired) electrons. The molecular formula is C8H7NO3. The maximum absolute atomic E-state index is 10.3. The van der Waals surface area contributed by atoms with Gasteiger partial charge in [0.2, 0.25) is 0 Å². The van der Waals surface area contributed by atoms with Gasteiger partial charge in [0.15, 0.2) is 0 Å². The third-order valence-electron chi connectivity index (χ3n) is 1.81. The number of ether oxygens (including phenoxy) is 1. The van der Waals surface area contributed by atoms with Crippen LogP contribution in [0.3, 0.4) is 0 Å². The molecule has 4 heteroatoms. The van der Waals surface area contributed by atoms with Gasteiger partial charge in [-0.15, -0.1) is 0 Å². The molecule has 62 valence electrons. The zero-order valence-corrected chi connectivity index (χ0v) is 6.27. The number of nitrogens with zero attached hydrogens (tertiary/aromatic N) is 1. The van der Waals surface area contributed by atoms with Crippen molar-refractivity contribution in [3.63, 3.8) is 0 Å². The summed E-state index contributed by atoms with van der Waals surface area (Å²) in [5.74, 6) is 0. The van der Waals surface area contributed by atoms with Crippen LogP contribution < -0.4 is 0 Å². The summed E-state index contributed by atoms with van der Waals surface area (Å²) in [6.45, 7) is 0.734. The fraction of sp³-hybridized carbons (Fsp3) is 0.250. The lowest BCUT2D eigenvalue weighted by Gasteiger charge is -1.93. The van der Waals surface area contributed by atoms with Gasteiger partial charge >= 0.3 is 0 Å². The lowest BCUT2D eigenvalue weighted by molar-refractivity contribution is -0.384. The lowest BCUT2D eigenvalue weighted by atomic mass is 10.1. The SMILES string of the molecule is O=[N+]([O-])c1ccc([C@@H]2CO2)cc1. The number of hydrogen-bond acceptors (Lipinski definition) is 3. The first-order chi connectivity index (χ1) is 5.77. The van der Waals surface area contributed by atoms with Crippen LogP contribution in [0, 0.1) is 10.1 Å². The van der Waals surface area contributed by atoms with Crippen molar-refractivity contribution >= 4 is 5.69 Å². The van der Waals surface area contributed by atoms with E-state index in [1.54, 1.807) is 12.1 Å². The third kappa shape index (κ3) is 1.29. The Morgan fingerprint density at radius 1 is 1.42 bits per heavy atom. The third-order valence-corrected chi connectivity index (χ3v) is 1.81. The summed E-state index contributed by atoms with van der Waals surface area (Å²) in [6, 6.07) is 6.46. The molecule has 0 bridgehead atoms. The van der Waals surface area contributed by atoms with Crippen molar-refractivity contribution < 1.29 is 9.66 Å². The van der Waals surface area contributed by atoms with Crippen LogP contribution in [-0.2, 0) is 4.74 Å². The largest absolute Gasteiger partial charge is 0.368 e. The Morgan fingerprint density at radius 3 is 2.42 bits per heavy atom. The van der Waals surface area contributed by atoms with Crippen LogP contribution in [0.15, 0.2) is 24.3 Å². The van der Waals surface area contributed by atoms with E-state index in [2.05, 4.69) is 0 Å². The Morgan fingerprint density at radius 2 is 2.00 bits per heavy atom. The first kappa shape index (κ1) is 7.24. The first-order valence-electron chi connectivity index (χ1n) is 3.63. The molecule has 1 atom stereocenters. The zero-order valence-electron chi connectivity index (χ0n) is 6.27. The molecule has 1 aromatic rings. The molecule has 0 spiro atoms. The Labute approximate surface area is 68.9 Å². The van der Waals surface area contributed by atoms with E-state index in [9.17, 15) is 10.1 Å². The second-order valence-electron chi connectivity index (χ2n) is 2.67. The Kier molecular flexibility index (Phi) is 1.55. The number of benzene rings is 1. The second-order valence-corrected chi connectivity index (χ2v) is 2.67. The number of hydrogen-bond donors (Lipinski definition) is 0. The number of rotatable bonds is 2. The fourth-order valence-corrected chi connectivity index (χ4v) is 1.05. The Balaban J connectivity index is 2.24. The molecule has 0 aliphatic carbocycles. The fourth-order valence-electron chi connectivity index (χ4n) is 1.05. The van der Waals surface area contributed by atoms with Crippen molar-refractivity contribution in [2.75, 3.05) is 6.61 Å². The maximum atomic E-state index is 10.3. The van der Waals surface area contributed by atoms with E-state index in [0.717, 1.165) is 12.2 Å². The van der Waals surface area contributed by atoms with E-state index in [-0.39, 0.29) is 11.8 Å². The van der Waals surface area contributed by atoms with E-state index in [1.165, 1.54) is 12.1 Å². The van der Waals surface area contributed by atoms with Crippen LogP contribution in [0.1, 0.15) is 11.7 Å². The van der Waals surface area contributed by atoms with Crippen LogP contribution in [0.4, 0.5) is 5.69 Å². The van der Waals surface area contributed by atoms with Crippen molar-refractivity contribution in [2.24, 2.45) is 0 Å². The normalized spacial score (nSPS) is 20.5.